The predicted molar refractivity (Wildman–Crippen MR) is 117 cm³/mol. The maximum atomic E-state index is 13.1. The van der Waals surface area contributed by atoms with Gasteiger partial charge in [0.1, 0.15) is 0 Å². The molecule has 0 aromatic carbocycles. The summed E-state index contributed by atoms with van der Waals surface area (Å²) in [6, 6.07) is 7.39. The number of pyridine rings is 2. The van der Waals surface area contributed by atoms with Gasteiger partial charge in [0, 0.05) is 36.5 Å². The van der Waals surface area contributed by atoms with Gasteiger partial charge in [0.25, 0.3) is 5.91 Å². The molecule has 2 aliphatic rings. The van der Waals surface area contributed by atoms with Crippen molar-refractivity contribution in [1.29, 1.82) is 0 Å². The lowest BCUT2D eigenvalue weighted by Crippen LogP contribution is -2.26. The fourth-order valence-corrected chi connectivity index (χ4v) is 5.96. The summed E-state index contributed by atoms with van der Waals surface area (Å²) in [6.07, 6.45) is 5.04. The van der Waals surface area contributed by atoms with E-state index in [1.54, 1.807) is 10.9 Å². The summed E-state index contributed by atoms with van der Waals surface area (Å²) in [5.74, 6) is 0.443. The molecule has 0 spiro atoms. The van der Waals surface area contributed by atoms with Crippen molar-refractivity contribution in [2.75, 3.05) is 18.1 Å². The lowest BCUT2D eigenvalue weighted by atomic mass is 10.1. The van der Waals surface area contributed by atoms with Crippen molar-refractivity contribution in [2.45, 2.75) is 44.6 Å². The number of hydrogen-bond donors (Lipinski definition) is 1. The molecule has 1 amide bonds. The molecular weight excluding hydrogens is 414 g/mol. The highest BCUT2D eigenvalue weighted by Crippen LogP contribution is 2.41. The molecule has 4 heterocycles. The van der Waals surface area contributed by atoms with Crippen molar-refractivity contribution >= 4 is 26.8 Å². The number of nitrogens with one attached hydrogen (secondary N) is 1. The first-order valence-corrected chi connectivity index (χ1v) is 12.5. The van der Waals surface area contributed by atoms with E-state index in [2.05, 4.69) is 15.4 Å². The molecule has 1 saturated heterocycles. The van der Waals surface area contributed by atoms with E-state index in [0.29, 0.717) is 47.6 Å². The second-order valence-corrected chi connectivity index (χ2v) is 10.7. The average Bonchev–Trinajstić information content (AvgIpc) is 3.47. The number of hydrogen-bond acceptors (Lipinski definition) is 6. The van der Waals surface area contributed by atoms with Crippen LogP contribution in [0.3, 0.4) is 0 Å². The molecule has 1 aliphatic heterocycles. The van der Waals surface area contributed by atoms with E-state index in [1.807, 2.05) is 31.2 Å². The zero-order valence-corrected chi connectivity index (χ0v) is 18.2. The molecule has 0 bridgehead atoms. The van der Waals surface area contributed by atoms with Crippen LogP contribution in [-0.4, -0.2) is 52.1 Å². The van der Waals surface area contributed by atoms with Crippen LogP contribution in [0.4, 0.5) is 0 Å². The van der Waals surface area contributed by atoms with Crippen molar-refractivity contribution < 1.29 is 13.2 Å². The van der Waals surface area contributed by atoms with Crippen molar-refractivity contribution in [3.8, 4) is 0 Å². The van der Waals surface area contributed by atoms with Crippen LogP contribution in [0.5, 0.6) is 0 Å². The van der Waals surface area contributed by atoms with Crippen LogP contribution in [0, 0.1) is 6.92 Å². The summed E-state index contributed by atoms with van der Waals surface area (Å²) < 4.78 is 25.8. The fraction of sp³-hybridized carbons (Fsp3) is 0.455. The topological polar surface area (TPSA) is 107 Å². The van der Waals surface area contributed by atoms with E-state index in [0.717, 1.165) is 24.2 Å². The number of fused-ring (bicyclic) bond motifs is 1. The molecule has 1 saturated carbocycles. The van der Waals surface area contributed by atoms with Gasteiger partial charge in [-0.2, -0.15) is 5.10 Å². The maximum Gasteiger partial charge on any atom is 0.252 e. The highest BCUT2D eigenvalue weighted by molar-refractivity contribution is 7.91. The molecule has 0 radical (unpaired) electrons. The van der Waals surface area contributed by atoms with Crippen molar-refractivity contribution in [3.05, 3.63) is 53.1 Å². The van der Waals surface area contributed by atoms with Gasteiger partial charge in [0.2, 0.25) is 0 Å². The van der Waals surface area contributed by atoms with Crippen LogP contribution in [-0.2, 0) is 16.3 Å². The van der Waals surface area contributed by atoms with E-state index >= 15 is 0 Å². The Morgan fingerprint density at radius 3 is 2.77 bits per heavy atom. The monoisotopic (exact) mass is 439 g/mol. The fourth-order valence-electron chi connectivity index (χ4n) is 4.27. The molecule has 2 fully saturated rings. The van der Waals surface area contributed by atoms with Gasteiger partial charge in [0.05, 0.1) is 34.2 Å². The second kappa shape index (κ2) is 7.71. The molecule has 1 aliphatic carbocycles. The number of aromatic nitrogens is 4. The SMILES string of the molecule is Cc1nn(C2CCS(=O)(=O)C2)c2nc(C3CC3)cc(C(=O)NCCc3ccccn3)c12. The van der Waals surface area contributed by atoms with Crippen LogP contribution in [0.2, 0.25) is 0 Å². The van der Waals surface area contributed by atoms with Gasteiger partial charge in [-0.05, 0) is 44.4 Å². The van der Waals surface area contributed by atoms with Crippen molar-refractivity contribution in [1.82, 2.24) is 25.1 Å². The van der Waals surface area contributed by atoms with Crippen LogP contribution < -0.4 is 5.32 Å². The number of carbonyl (C=O) groups excluding carboxylic acids is 1. The highest BCUT2D eigenvalue weighted by atomic mass is 32.2. The zero-order chi connectivity index (χ0) is 21.6. The summed E-state index contributed by atoms with van der Waals surface area (Å²) in [5.41, 5.74) is 3.71. The van der Waals surface area contributed by atoms with Gasteiger partial charge in [-0.25, -0.2) is 18.1 Å². The largest absolute Gasteiger partial charge is 0.352 e. The lowest BCUT2D eigenvalue weighted by molar-refractivity contribution is 0.0955. The summed E-state index contributed by atoms with van der Waals surface area (Å²) in [6.45, 7) is 2.33. The third-order valence-corrected chi connectivity index (χ3v) is 7.79. The van der Waals surface area contributed by atoms with Gasteiger partial charge in [-0.15, -0.1) is 0 Å². The van der Waals surface area contributed by atoms with E-state index in [1.165, 1.54) is 0 Å². The minimum atomic E-state index is -3.06. The van der Waals surface area contributed by atoms with E-state index in [9.17, 15) is 13.2 Å². The number of aryl methyl sites for hydroxylation is 1. The number of nitrogens with zero attached hydrogens (tertiary/aromatic N) is 4. The quantitative estimate of drug-likeness (QED) is 0.632. The number of rotatable bonds is 6. The Hall–Kier alpha value is -2.81. The van der Waals surface area contributed by atoms with Crippen LogP contribution >= 0.6 is 0 Å². The Morgan fingerprint density at radius 1 is 1.26 bits per heavy atom. The van der Waals surface area contributed by atoms with Crippen LogP contribution in [0.15, 0.2) is 30.5 Å². The van der Waals surface area contributed by atoms with E-state index < -0.39 is 9.84 Å². The summed E-state index contributed by atoms with van der Waals surface area (Å²) in [7, 11) is -3.06. The standard InChI is InChI=1S/C22H25N5O3S/c1-14-20-18(22(28)24-10-7-16-4-2-3-9-23-16)12-19(15-5-6-15)25-21(20)27(26-14)17-8-11-31(29,30)13-17/h2-4,9,12,15,17H,5-8,10-11,13H2,1H3,(H,24,28). The first-order chi connectivity index (χ1) is 14.9. The minimum absolute atomic E-state index is 0.0736. The number of sulfone groups is 1. The zero-order valence-electron chi connectivity index (χ0n) is 17.4. The van der Waals surface area contributed by atoms with Gasteiger partial charge in [0.15, 0.2) is 15.5 Å². The van der Waals surface area contributed by atoms with E-state index in [-0.39, 0.29) is 23.5 Å². The molecule has 8 nitrogen and oxygen atoms in total. The average molecular weight is 440 g/mol. The molecule has 1 N–H and O–H groups in total. The molecule has 1 atom stereocenters. The molecule has 9 heteroatoms. The van der Waals surface area contributed by atoms with E-state index in [4.69, 9.17) is 4.98 Å². The van der Waals surface area contributed by atoms with Gasteiger partial charge >= 0.3 is 0 Å². The Balaban J connectivity index is 1.47. The Morgan fingerprint density at radius 2 is 2.10 bits per heavy atom. The third kappa shape index (κ3) is 4.06. The van der Waals surface area contributed by atoms with Crippen molar-refractivity contribution in [2.24, 2.45) is 0 Å². The Labute approximate surface area is 181 Å². The minimum Gasteiger partial charge on any atom is -0.352 e. The van der Waals surface area contributed by atoms with Crippen LogP contribution in [0.1, 0.15) is 58.7 Å². The number of carbonyl (C=O) groups is 1. The molecule has 3 aromatic heterocycles. The predicted octanol–water partition coefficient (Wildman–Crippen LogP) is 2.34. The first kappa shape index (κ1) is 20.1. The maximum absolute atomic E-state index is 13.1. The molecule has 31 heavy (non-hydrogen) atoms. The van der Waals surface area contributed by atoms with Crippen LogP contribution in [0.25, 0.3) is 11.0 Å². The molecule has 3 aromatic rings. The molecular formula is C22H25N5O3S. The Kier molecular flexibility index (Phi) is 5.00. The summed E-state index contributed by atoms with van der Waals surface area (Å²) in [5, 5.41) is 8.35. The van der Waals surface area contributed by atoms with Gasteiger partial charge in [-0.3, -0.25) is 9.78 Å². The lowest BCUT2D eigenvalue weighted by Gasteiger charge is -2.12. The smallest absolute Gasteiger partial charge is 0.252 e. The number of amides is 1. The van der Waals surface area contributed by atoms with Gasteiger partial charge < -0.3 is 5.32 Å². The van der Waals surface area contributed by atoms with Crippen molar-refractivity contribution in [3.63, 3.8) is 0 Å². The summed E-state index contributed by atoms with van der Waals surface area (Å²) in [4.78, 5) is 22.3. The second-order valence-electron chi connectivity index (χ2n) is 8.48. The van der Waals surface area contributed by atoms with Gasteiger partial charge in [-0.1, -0.05) is 6.07 Å². The molecule has 5 rings (SSSR count). The Bertz CT molecular complexity index is 1250. The third-order valence-electron chi connectivity index (χ3n) is 6.04. The molecule has 162 valence electrons. The first-order valence-electron chi connectivity index (χ1n) is 10.7. The molecule has 1 unspecified atom stereocenters. The highest BCUT2D eigenvalue weighted by Gasteiger charge is 2.34. The summed E-state index contributed by atoms with van der Waals surface area (Å²) >= 11 is 0. The normalized spacial score (nSPS) is 20.2.